The van der Waals surface area contributed by atoms with Gasteiger partial charge in [0.05, 0.1) is 19.4 Å². The molecule has 1 aromatic carbocycles. The first-order valence-electron chi connectivity index (χ1n) is 6.96. The van der Waals surface area contributed by atoms with Crippen molar-refractivity contribution in [3.05, 3.63) is 23.8 Å². The molecule has 4 nitrogen and oxygen atoms in total. The van der Waals surface area contributed by atoms with Gasteiger partial charge in [-0.05, 0) is 30.5 Å². The second-order valence-electron chi connectivity index (χ2n) is 4.87. The molecule has 0 aliphatic carbocycles. The standard InChI is InChI=1S/C15H24N2O2/c1-18-10-7-16-12-13-5-6-14(15(11-13)19-2)17-8-3-4-9-17/h5-6,11,16H,3-4,7-10,12H2,1-2H3. The minimum Gasteiger partial charge on any atom is -0.495 e. The first-order valence-corrected chi connectivity index (χ1v) is 6.96. The lowest BCUT2D eigenvalue weighted by atomic mass is 10.1. The highest BCUT2D eigenvalue weighted by Gasteiger charge is 2.16. The molecule has 0 saturated carbocycles. The number of ether oxygens (including phenoxy) is 2. The molecule has 0 spiro atoms. The maximum Gasteiger partial charge on any atom is 0.142 e. The molecule has 1 N–H and O–H groups in total. The van der Waals surface area contributed by atoms with E-state index in [0.717, 1.165) is 38.5 Å². The fourth-order valence-electron chi connectivity index (χ4n) is 2.46. The van der Waals surface area contributed by atoms with Crippen molar-refractivity contribution < 1.29 is 9.47 Å². The SMILES string of the molecule is COCCNCc1ccc(N2CCCC2)c(OC)c1. The Morgan fingerprint density at radius 1 is 1.21 bits per heavy atom. The average Bonchev–Trinajstić information content (AvgIpc) is 2.97. The second-order valence-corrected chi connectivity index (χ2v) is 4.87. The van der Waals surface area contributed by atoms with E-state index in [1.54, 1.807) is 14.2 Å². The molecular formula is C15H24N2O2. The van der Waals surface area contributed by atoms with E-state index < -0.39 is 0 Å². The summed E-state index contributed by atoms with van der Waals surface area (Å²) in [7, 11) is 3.46. The number of nitrogens with one attached hydrogen (secondary N) is 1. The summed E-state index contributed by atoms with van der Waals surface area (Å²) in [5, 5.41) is 3.35. The van der Waals surface area contributed by atoms with Crippen molar-refractivity contribution >= 4 is 5.69 Å². The third-order valence-electron chi connectivity index (χ3n) is 3.50. The fourth-order valence-corrected chi connectivity index (χ4v) is 2.46. The number of nitrogens with zero attached hydrogens (tertiary/aromatic N) is 1. The second kappa shape index (κ2) is 7.36. The van der Waals surface area contributed by atoms with E-state index in [0.29, 0.717) is 0 Å². The third kappa shape index (κ3) is 3.85. The topological polar surface area (TPSA) is 33.7 Å². The van der Waals surface area contributed by atoms with Crippen LogP contribution in [0, 0.1) is 0 Å². The normalized spacial score (nSPS) is 14.9. The first kappa shape index (κ1) is 14.2. The highest BCUT2D eigenvalue weighted by molar-refractivity contribution is 5.60. The first-order chi connectivity index (χ1) is 9.35. The lowest BCUT2D eigenvalue weighted by Crippen LogP contribution is -2.20. The molecular weight excluding hydrogens is 240 g/mol. The minimum atomic E-state index is 0.739. The summed E-state index contributed by atoms with van der Waals surface area (Å²) in [5.74, 6) is 0.980. The number of rotatable bonds is 7. The van der Waals surface area contributed by atoms with Crippen LogP contribution in [0.2, 0.25) is 0 Å². The molecule has 1 saturated heterocycles. The van der Waals surface area contributed by atoms with Gasteiger partial charge < -0.3 is 19.7 Å². The Kier molecular flexibility index (Phi) is 5.48. The van der Waals surface area contributed by atoms with Crippen LogP contribution in [0.3, 0.4) is 0 Å². The van der Waals surface area contributed by atoms with Crippen LogP contribution in [0.1, 0.15) is 18.4 Å². The summed E-state index contributed by atoms with van der Waals surface area (Å²) in [6.45, 7) is 4.74. The maximum atomic E-state index is 5.53. The van der Waals surface area contributed by atoms with Gasteiger partial charge in [0, 0.05) is 33.3 Å². The maximum absolute atomic E-state index is 5.53. The summed E-state index contributed by atoms with van der Waals surface area (Å²) in [4.78, 5) is 2.40. The quantitative estimate of drug-likeness (QED) is 0.764. The summed E-state index contributed by atoms with van der Waals surface area (Å²) in [6.07, 6.45) is 2.56. The van der Waals surface area contributed by atoms with Gasteiger partial charge in [-0.25, -0.2) is 0 Å². The van der Waals surface area contributed by atoms with Gasteiger partial charge in [-0.2, -0.15) is 0 Å². The zero-order chi connectivity index (χ0) is 13.5. The van der Waals surface area contributed by atoms with E-state index in [1.807, 2.05) is 0 Å². The van der Waals surface area contributed by atoms with E-state index in [1.165, 1.54) is 24.1 Å². The van der Waals surface area contributed by atoms with Crippen LogP contribution in [0.4, 0.5) is 5.69 Å². The lowest BCUT2D eigenvalue weighted by Gasteiger charge is -2.21. The molecule has 1 aliphatic rings. The fraction of sp³-hybridized carbons (Fsp3) is 0.600. The lowest BCUT2D eigenvalue weighted by molar-refractivity contribution is 0.199. The van der Waals surface area contributed by atoms with E-state index >= 15 is 0 Å². The highest BCUT2D eigenvalue weighted by atomic mass is 16.5. The van der Waals surface area contributed by atoms with Gasteiger partial charge in [0.1, 0.15) is 5.75 Å². The van der Waals surface area contributed by atoms with Crippen LogP contribution in [-0.2, 0) is 11.3 Å². The van der Waals surface area contributed by atoms with E-state index in [-0.39, 0.29) is 0 Å². The van der Waals surface area contributed by atoms with Crippen molar-refractivity contribution in [2.75, 3.05) is 45.4 Å². The van der Waals surface area contributed by atoms with Crippen LogP contribution in [-0.4, -0.2) is 40.5 Å². The largest absolute Gasteiger partial charge is 0.495 e. The van der Waals surface area contributed by atoms with Crippen LogP contribution in [0.5, 0.6) is 5.75 Å². The average molecular weight is 264 g/mol. The summed E-state index contributed by atoms with van der Waals surface area (Å²) in [5.41, 5.74) is 2.47. The Labute approximate surface area is 115 Å². The van der Waals surface area contributed by atoms with Crippen molar-refractivity contribution in [2.24, 2.45) is 0 Å². The van der Waals surface area contributed by atoms with Crippen LogP contribution in [0.25, 0.3) is 0 Å². The van der Waals surface area contributed by atoms with Crippen LogP contribution in [0.15, 0.2) is 18.2 Å². The third-order valence-corrected chi connectivity index (χ3v) is 3.50. The molecule has 0 unspecified atom stereocenters. The molecule has 4 heteroatoms. The van der Waals surface area contributed by atoms with Gasteiger partial charge in [-0.3, -0.25) is 0 Å². The van der Waals surface area contributed by atoms with Gasteiger partial charge in [0.25, 0.3) is 0 Å². The Hall–Kier alpha value is -1.26. The smallest absolute Gasteiger partial charge is 0.142 e. The van der Waals surface area contributed by atoms with Crippen LogP contribution >= 0.6 is 0 Å². The van der Waals surface area contributed by atoms with E-state index in [9.17, 15) is 0 Å². The molecule has 19 heavy (non-hydrogen) atoms. The van der Waals surface area contributed by atoms with Crippen molar-refractivity contribution in [3.63, 3.8) is 0 Å². The molecule has 1 aliphatic heterocycles. The Morgan fingerprint density at radius 2 is 2.00 bits per heavy atom. The van der Waals surface area contributed by atoms with Gasteiger partial charge in [0.15, 0.2) is 0 Å². The van der Waals surface area contributed by atoms with Gasteiger partial charge in [-0.1, -0.05) is 6.07 Å². The molecule has 1 aromatic rings. The van der Waals surface area contributed by atoms with Gasteiger partial charge >= 0.3 is 0 Å². The highest BCUT2D eigenvalue weighted by Crippen LogP contribution is 2.31. The molecule has 0 aromatic heterocycles. The summed E-state index contributed by atoms with van der Waals surface area (Å²) >= 11 is 0. The molecule has 0 atom stereocenters. The van der Waals surface area contributed by atoms with Gasteiger partial charge in [-0.15, -0.1) is 0 Å². The number of methoxy groups -OCH3 is 2. The predicted molar refractivity (Wildman–Crippen MR) is 78.0 cm³/mol. The van der Waals surface area contributed by atoms with Gasteiger partial charge in [0.2, 0.25) is 0 Å². The number of hydrogen-bond donors (Lipinski definition) is 1. The Balaban J connectivity index is 1.99. The van der Waals surface area contributed by atoms with E-state index in [4.69, 9.17) is 9.47 Å². The number of anilines is 1. The number of hydrogen-bond acceptors (Lipinski definition) is 4. The van der Waals surface area contributed by atoms with E-state index in [2.05, 4.69) is 28.4 Å². The molecule has 1 fully saturated rings. The van der Waals surface area contributed by atoms with Crippen LogP contribution < -0.4 is 15.0 Å². The monoisotopic (exact) mass is 264 g/mol. The van der Waals surface area contributed by atoms with Crippen molar-refractivity contribution in [2.45, 2.75) is 19.4 Å². The molecule has 1 heterocycles. The van der Waals surface area contributed by atoms with Crippen molar-refractivity contribution in [1.82, 2.24) is 5.32 Å². The van der Waals surface area contributed by atoms with Crippen molar-refractivity contribution in [3.8, 4) is 5.75 Å². The summed E-state index contributed by atoms with van der Waals surface area (Å²) in [6, 6.07) is 6.49. The zero-order valence-corrected chi connectivity index (χ0v) is 11.9. The van der Waals surface area contributed by atoms with Crippen molar-refractivity contribution in [1.29, 1.82) is 0 Å². The Bertz CT molecular complexity index is 390. The Morgan fingerprint density at radius 3 is 2.68 bits per heavy atom. The zero-order valence-electron chi connectivity index (χ0n) is 11.9. The molecule has 106 valence electrons. The minimum absolute atomic E-state index is 0.739. The molecule has 0 radical (unpaired) electrons. The summed E-state index contributed by atoms with van der Waals surface area (Å²) < 4.78 is 10.5. The molecule has 0 bridgehead atoms. The molecule has 2 rings (SSSR count). The number of benzene rings is 1. The predicted octanol–water partition coefficient (Wildman–Crippen LogP) is 2.03. The molecule has 0 amide bonds.